The second kappa shape index (κ2) is 6.13. The summed E-state index contributed by atoms with van der Waals surface area (Å²) >= 11 is 0. The molecule has 0 amide bonds. The van der Waals surface area contributed by atoms with E-state index in [-0.39, 0.29) is 11.3 Å². The Balaban J connectivity index is 1.78. The fraction of sp³-hybridized carbons (Fsp3) is 0.294. The molecular weight excluding hydrogens is 281 g/mol. The first-order valence-electron chi connectivity index (χ1n) is 7.42. The van der Waals surface area contributed by atoms with Crippen molar-refractivity contribution < 1.29 is 9.18 Å². The zero-order chi connectivity index (χ0) is 15.5. The Hall–Kier alpha value is -2.43. The van der Waals surface area contributed by atoms with E-state index >= 15 is 0 Å². The van der Waals surface area contributed by atoms with Crippen molar-refractivity contribution in [3.05, 3.63) is 41.8 Å². The molecule has 3 rings (SSSR count). The maximum atomic E-state index is 14.3. The number of hydrogen-bond acceptors (Lipinski definition) is 4. The monoisotopic (exact) mass is 299 g/mol. The lowest BCUT2D eigenvalue weighted by atomic mass is 9.85. The van der Waals surface area contributed by atoms with Crippen molar-refractivity contribution in [3.8, 4) is 11.1 Å². The zero-order valence-electron chi connectivity index (χ0n) is 12.2. The fourth-order valence-electron chi connectivity index (χ4n) is 2.55. The summed E-state index contributed by atoms with van der Waals surface area (Å²) in [6.45, 7) is 0.928. The lowest BCUT2D eigenvalue weighted by Gasteiger charge is -2.25. The number of nitrogen functional groups attached to an aromatic ring is 1. The molecule has 1 aromatic carbocycles. The number of nitrogens with zero attached hydrogens (tertiary/aromatic N) is 1. The number of benzene rings is 1. The average molecular weight is 299 g/mol. The normalized spacial score (nSPS) is 14.4. The molecule has 2 aromatic rings. The van der Waals surface area contributed by atoms with Crippen molar-refractivity contribution in [2.45, 2.75) is 19.3 Å². The number of aromatic nitrogens is 1. The molecule has 1 aromatic heterocycles. The Kier molecular flexibility index (Phi) is 4.04. The van der Waals surface area contributed by atoms with Gasteiger partial charge in [0.05, 0.1) is 5.56 Å². The highest BCUT2D eigenvalue weighted by atomic mass is 19.1. The number of halogens is 1. The third kappa shape index (κ3) is 2.79. The standard InChI is InChI=1S/C17H18FN3O/c18-17-13(5-6-15(19)14(17)10-22)12-4-7-16(21-9-12)20-8-11-2-1-3-11/h4-7,9-11H,1-3,8,19H2,(H,20,21). The summed E-state index contributed by atoms with van der Waals surface area (Å²) in [5.74, 6) is 0.917. The first-order chi connectivity index (χ1) is 10.7. The van der Waals surface area contributed by atoms with Crippen LogP contribution >= 0.6 is 0 Å². The largest absolute Gasteiger partial charge is 0.398 e. The first kappa shape index (κ1) is 14.5. The molecule has 0 saturated heterocycles. The minimum Gasteiger partial charge on any atom is -0.398 e. The molecule has 0 aliphatic heterocycles. The minimum absolute atomic E-state index is 0.107. The maximum absolute atomic E-state index is 14.3. The van der Waals surface area contributed by atoms with Gasteiger partial charge in [-0.15, -0.1) is 0 Å². The summed E-state index contributed by atoms with van der Waals surface area (Å²) < 4.78 is 14.3. The highest BCUT2D eigenvalue weighted by Gasteiger charge is 2.17. The van der Waals surface area contributed by atoms with E-state index in [4.69, 9.17) is 5.73 Å². The number of nitrogens with one attached hydrogen (secondary N) is 1. The van der Waals surface area contributed by atoms with E-state index in [1.165, 1.54) is 25.3 Å². The molecule has 1 heterocycles. The van der Waals surface area contributed by atoms with Crippen molar-refractivity contribution in [3.63, 3.8) is 0 Å². The second-order valence-electron chi connectivity index (χ2n) is 5.66. The van der Waals surface area contributed by atoms with Crippen molar-refractivity contribution in [1.29, 1.82) is 0 Å². The van der Waals surface area contributed by atoms with Crippen LogP contribution in [0.5, 0.6) is 0 Å². The van der Waals surface area contributed by atoms with Crippen LogP contribution < -0.4 is 11.1 Å². The molecule has 0 unspecified atom stereocenters. The molecule has 0 bridgehead atoms. The Morgan fingerprint density at radius 2 is 2.14 bits per heavy atom. The minimum atomic E-state index is -0.605. The number of hydrogen-bond donors (Lipinski definition) is 2. The van der Waals surface area contributed by atoms with Crippen molar-refractivity contribution in [2.75, 3.05) is 17.6 Å². The average Bonchev–Trinajstić information content (AvgIpc) is 2.47. The summed E-state index contributed by atoms with van der Waals surface area (Å²) in [7, 11) is 0. The van der Waals surface area contributed by atoms with E-state index < -0.39 is 5.82 Å². The summed E-state index contributed by atoms with van der Waals surface area (Å²) in [4.78, 5) is 15.2. The predicted molar refractivity (Wildman–Crippen MR) is 85.3 cm³/mol. The van der Waals surface area contributed by atoms with Gasteiger partial charge in [-0.3, -0.25) is 4.79 Å². The van der Waals surface area contributed by atoms with Crippen LogP contribution in [0.25, 0.3) is 11.1 Å². The van der Waals surface area contributed by atoms with Crippen LogP contribution in [0.15, 0.2) is 30.5 Å². The Morgan fingerprint density at radius 1 is 1.32 bits per heavy atom. The molecule has 114 valence electrons. The van der Waals surface area contributed by atoms with Gasteiger partial charge >= 0.3 is 0 Å². The second-order valence-corrected chi connectivity index (χ2v) is 5.66. The van der Waals surface area contributed by atoms with Gasteiger partial charge in [-0.25, -0.2) is 9.37 Å². The van der Waals surface area contributed by atoms with E-state index in [1.807, 2.05) is 6.07 Å². The van der Waals surface area contributed by atoms with Gasteiger partial charge in [0.15, 0.2) is 6.29 Å². The number of aldehydes is 1. The molecule has 1 aliphatic rings. The van der Waals surface area contributed by atoms with Gasteiger partial charge in [0.2, 0.25) is 0 Å². The molecule has 5 heteroatoms. The number of pyridine rings is 1. The van der Waals surface area contributed by atoms with Crippen molar-refractivity contribution in [2.24, 2.45) is 5.92 Å². The van der Waals surface area contributed by atoms with Crippen LogP contribution in [0.1, 0.15) is 29.6 Å². The highest BCUT2D eigenvalue weighted by molar-refractivity contribution is 5.87. The zero-order valence-corrected chi connectivity index (χ0v) is 12.2. The van der Waals surface area contributed by atoms with Crippen LogP contribution in [0.4, 0.5) is 15.9 Å². The van der Waals surface area contributed by atoms with Gasteiger partial charge in [-0.05, 0) is 43.0 Å². The van der Waals surface area contributed by atoms with E-state index in [0.29, 0.717) is 17.4 Å². The fourth-order valence-corrected chi connectivity index (χ4v) is 2.55. The molecule has 3 N–H and O–H groups in total. The molecule has 1 fully saturated rings. The molecule has 0 atom stereocenters. The summed E-state index contributed by atoms with van der Waals surface area (Å²) in [5, 5.41) is 3.29. The quantitative estimate of drug-likeness (QED) is 0.655. The lowest BCUT2D eigenvalue weighted by Crippen LogP contribution is -2.21. The van der Waals surface area contributed by atoms with Gasteiger partial charge in [-0.2, -0.15) is 0 Å². The summed E-state index contributed by atoms with van der Waals surface area (Å²) in [5.41, 5.74) is 6.58. The van der Waals surface area contributed by atoms with E-state index in [9.17, 15) is 9.18 Å². The molecule has 0 spiro atoms. The number of carbonyl (C=O) groups is 1. The third-order valence-electron chi connectivity index (χ3n) is 4.20. The Morgan fingerprint density at radius 3 is 2.73 bits per heavy atom. The number of nitrogens with two attached hydrogens (primary N) is 1. The summed E-state index contributed by atoms with van der Waals surface area (Å²) in [6, 6.07) is 6.71. The number of anilines is 2. The van der Waals surface area contributed by atoms with E-state index in [1.54, 1.807) is 18.3 Å². The molecule has 1 saturated carbocycles. The van der Waals surface area contributed by atoms with Gasteiger partial charge in [0.25, 0.3) is 0 Å². The summed E-state index contributed by atoms with van der Waals surface area (Å²) in [6.07, 6.45) is 5.91. The van der Waals surface area contributed by atoms with Crippen molar-refractivity contribution >= 4 is 17.8 Å². The van der Waals surface area contributed by atoms with Crippen LogP contribution in [0.3, 0.4) is 0 Å². The Labute approximate surface area is 128 Å². The maximum Gasteiger partial charge on any atom is 0.155 e. The molecule has 1 aliphatic carbocycles. The first-order valence-corrected chi connectivity index (χ1v) is 7.42. The lowest BCUT2D eigenvalue weighted by molar-refractivity contribution is 0.112. The van der Waals surface area contributed by atoms with E-state index in [0.717, 1.165) is 18.3 Å². The van der Waals surface area contributed by atoms with Gasteiger partial charge in [0.1, 0.15) is 11.6 Å². The van der Waals surface area contributed by atoms with Gasteiger partial charge in [-0.1, -0.05) is 6.42 Å². The number of carbonyl (C=O) groups excluding carboxylic acids is 1. The molecule has 22 heavy (non-hydrogen) atoms. The molecule has 0 radical (unpaired) electrons. The van der Waals surface area contributed by atoms with Crippen LogP contribution in [0, 0.1) is 11.7 Å². The van der Waals surface area contributed by atoms with Crippen molar-refractivity contribution in [1.82, 2.24) is 4.98 Å². The van der Waals surface area contributed by atoms with Gasteiger partial charge < -0.3 is 11.1 Å². The van der Waals surface area contributed by atoms with Gasteiger partial charge in [0, 0.05) is 29.6 Å². The predicted octanol–water partition coefficient (Wildman–Crippen LogP) is 3.49. The third-order valence-corrected chi connectivity index (χ3v) is 4.20. The molecule has 4 nitrogen and oxygen atoms in total. The van der Waals surface area contributed by atoms with Crippen LogP contribution in [-0.2, 0) is 0 Å². The topological polar surface area (TPSA) is 68.0 Å². The van der Waals surface area contributed by atoms with Crippen LogP contribution in [0.2, 0.25) is 0 Å². The Bertz CT molecular complexity index is 681. The smallest absolute Gasteiger partial charge is 0.155 e. The SMILES string of the molecule is Nc1ccc(-c2ccc(NCC3CCC3)nc2)c(F)c1C=O. The van der Waals surface area contributed by atoms with E-state index in [2.05, 4.69) is 10.3 Å². The van der Waals surface area contributed by atoms with Crippen LogP contribution in [-0.4, -0.2) is 17.8 Å². The number of rotatable bonds is 5. The highest BCUT2D eigenvalue weighted by Crippen LogP contribution is 2.28. The molecular formula is C17H18FN3O.